The molecule has 0 saturated carbocycles. The number of carbonyl (C=O) groups is 1. The molecule has 0 unspecified atom stereocenters. The van der Waals surface area contributed by atoms with Gasteiger partial charge in [0.1, 0.15) is 6.54 Å². The van der Waals surface area contributed by atoms with Crippen molar-refractivity contribution in [3.63, 3.8) is 0 Å². The van der Waals surface area contributed by atoms with Crippen molar-refractivity contribution < 1.29 is 4.79 Å². The van der Waals surface area contributed by atoms with Gasteiger partial charge in [0, 0.05) is 29.0 Å². The Kier molecular flexibility index (Phi) is 3.28. The molecular formula is C13H14N2O2S2. The summed E-state index contributed by atoms with van der Waals surface area (Å²) in [5.41, 5.74) is 2.11. The summed E-state index contributed by atoms with van der Waals surface area (Å²) < 4.78 is 1.55. The predicted octanol–water partition coefficient (Wildman–Crippen LogP) is 1.86. The third-order valence-electron chi connectivity index (χ3n) is 3.43. The minimum absolute atomic E-state index is 0.0282. The first-order valence-electron chi connectivity index (χ1n) is 6.13. The summed E-state index contributed by atoms with van der Waals surface area (Å²) in [4.78, 5) is 27.1. The largest absolute Gasteiger partial charge is 0.336 e. The van der Waals surface area contributed by atoms with Crippen LogP contribution in [0.15, 0.2) is 21.6 Å². The molecule has 3 heterocycles. The maximum absolute atomic E-state index is 12.3. The van der Waals surface area contributed by atoms with Crippen LogP contribution in [0.1, 0.15) is 16.1 Å². The average Bonchev–Trinajstić information content (AvgIpc) is 2.99. The maximum atomic E-state index is 12.3. The quantitative estimate of drug-likeness (QED) is 0.848. The molecule has 2 aromatic rings. The number of hydrogen-bond acceptors (Lipinski definition) is 4. The Morgan fingerprint density at radius 2 is 2.26 bits per heavy atom. The number of hydrogen-bond donors (Lipinski definition) is 0. The minimum atomic E-state index is -0.0564. The number of aromatic nitrogens is 1. The van der Waals surface area contributed by atoms with Crippen LogP contribution < -0.4 is 4.87 Å². The summed E-state index contributed by atoms with van der Waals surface area (Å²) in [5, 5.41) is 3.87. The van der Waals surface area contributed by atoms with Crippen molar-refractivity contribution in [1.29, 1.82) is 0 Å². The summed E-state index contributed by atoms with van der Waals surface area (Å²) in [6.45, 7) is 3.45. The Bertz CT molecular complexity index is 668. The SMILES string of the molecule is Cc1csc(=O)n1CC(=O)N1CCc2sccc2C1. The highest BCUT2D eigenvalue weighted by molar-refractivity contribution is 7.10. The topological polar surface area (TPSA) is 42.3 Å². The van der Waals surface area contributed by atoms with E-state index >= 15 is 0 Å². The van der Waals surface area contributed by atoms with Gasteiger partial charge >= 0.3 is 4.87 Å². The second-order valence-electron chi connectivity index (χ2n) is 4.66. The summed E-state index contributed by atoms with van der Waals surface area (Å²) in [6, 6.07) is 2.08. The van der Waals surface area contributed by atoms with Crippen LogP contribution >= 0.6 is 22.7 Å². The molecule has 0 saturated heterocycles. The fourth-order valence-corrected chi connectivity index (χ4v) is 3.92. The van der Waals surface area contributed by atoms with Crippen molar-refractivity contribution in [2.24, 2.45) is 0 Å². The molecule has 3 rings (SSSR count). The van der Waals surface area contributed by atoms with Gasteiger partial charge in [0.15, 0.2) is 0 Å². The lowest BCUT2D eigenvalue weighted by Gasteiger charge is -2.27. The summed E-state index contributed by atoms with van der Waals surface area (Å²) in [5.74, 6) is 0.0282. The first-order chi connectivity index (χ1) is 9.15. The normalized spacial score (nSPS) is 14.5. The van der Waals surface area contributed by atoms with Crippen molar-refractivity contribution >= 4 is 28.6 Å². The Hall–Kier alpha value is -1.40. The fourth-order valence-electron chi connectivity index (χ4n) is 2.29. The lowest BCUT2D eigenvalue weighted by Crippen LogP contribution is -2.38. The van der Waals surface area contributed by atoms with E-state index in [1.54, 1.807) is 21.3 Å². The number of fused-ring (bicyclic) bond motifs is 1. The Morgan fingerprint density at radius 1 is 1.42 bits per heavy atom. The number of amides is 1. The molecule has 0 radical (unpaired) electrons. The summed E-state index contributed by atoms with van der Waals surface area (Å²) in [6.07, 6.45) is 0.927. The van der Waals surface area contributed by atoms with Crippen molar-refractivity contribution in [3.8, 4) is 0 Å². The molecule has 0 spiro atoms. The molecule has 19 heavy (non-hydrogen) atoms. The predicted molar refractivity (Wildman–Crippen MR) is 76.8 cm³/mol. The van der Waals surface area contributed by atoms with Gasteiger partial charge in [0.2, 0.25) is 5.91 Å². The molecule has 0 atom stereocenters. The Labute approximate surface area is 118 Å². The van der Waals surface area contributed by atoms with Crippen LogP contribution in [-0.2, 0) is 24.3 Å². The molecule has 1 amide bonds. The lowest BCUT2D eigenvalue weighted by molar-refractivity contribution is -0.132. The van der Waals surface area contributed by atoms with Gasteiger partial charge in [0.05, 0.1) is 0 Å². The molecular weight excluding hydrogens is 280 g/mol. The Morgan fingerprint density at radius 3 is 3.00 bits per heavy atom. The van der Waals surface area contributed by atoms with E-state index in [9.17, 15) is 9.59 Å². The number of carbonyl (C=O) groups excluding carboxylic acids is 1. The van der Waals surface area contributed by atoms with Crippen LogP contribution in [-0.4, -0.2) is 21.9 Å². The van der Waals surface area contributed by atoms with Crippen molar-refractivity contribution in [3.05, 3.63) is 42.6 Å². The van der Waals surface area contributed by atoms with Crippen LogP contribution in [0, 0.1) is 6.92 Å². The highest BCUT2D eigenvalue weighted by atomic mass is 32.1. The molecule has 0 aromatic carbocycles. The molecule has 4 nitrogen and oxygen atoms in total. The van der Waals surface area contributed by atoms with Crippen molar-refractivity contribution in [2.45, 2.75) is 26.4 Å². The van der Waals surface area contributed by atoms with Gasteiger partial charge in [-0.1, -0.05) is 11.3 Å². The third kappa shape index (κ3) is 2.37. The smallest absolute Gasteiger partial charge is 0.307 e. The van der Waals surface area contributed by atoms with E-state index in [-0.39, 0.29) is 17.3 Å². The van der Waals surface area contributed by atoms with Crippen LogP contribution in [0.2, 0.25) is 0 Å². The zero-order valence-electron chi connectivity index (χ0n) is 10.6. The number of thiazole rings is 1. The van der Waals surface area contributed by atoms with Gasteiger partial charge in [-0.2, -0.15) is 0 Å². The highest BCUT2D eigenvalue weighted by Gasteiger charge is 2.22. The van der Waals surface area contributed by atoms with E-state index in [1.165, 1.54) is 10.4 Å². The van der Waals surface area contributed by atoms with Gasteiger partial charge in [-0.25, -0.2) is 0 Å². The minimum Gasteiger partial charge on any atom is -0.336 e. The van der Waals surface area contributed by atoms with Crippen LogP contribution in [0.3, 0.4) is 0 Å². The molecule has 1 aliphatic rings. The maximum Gasteiger partial charge on any atom is 0.307 e. The van der Waals surface area contributed by atoms with Crippen LogP contribution in [0.4, 0.5) is 0 Å². The van der Waals surface area contributed by atoms with E-state index in [4.69, 9.17) is 0 Å². The second-order valence-corrected chi connectivity index (χ2v) is 6.48. The van der Waals surface area contributed by atoms with E-state index in [1.807, 2.05) is 11.8 Å². The van der Waals surface area contributed by atoms with E-state index < -0.39 is 0 Å². The molecule has 6 heteroatoms. The van der Waals surface area contributed by atoms with E-state index in [0.29, 0.717) is 6.54 Å². The van der Waals surface area contributed by atoms with Gasteiger partial charge in [-0.3, -0.25) is 14.2 Å². The molecule has 0 N–H and O–H groups in total. The number of nitrogens with zero attached hydrogens (tertiary/aromatic N) is 2. The first-order valence-corrected chi connectivity index (χ1v) is 7.89. The lowest BCUT2D eigenvalue weighted by atomic mass is 10.1. The monoisotopic (exact) mass is 294 g/mol. The molecule has 1 aliphatic heterocycles. The molecule has 0 bridgehead atoms. The van der Waals surface area contributed by atoms with Gasteiger partial charge in [-0.15, -0.1) is 11.3 Å². The molecule has 100 valence electrons. The van der Waals surface area contributed by atoms with E-state index in [0.717, 1.165) is 30.0 Å². The van der Waals surface area contributed by atoms with Gasteiger partial charge < -0.3 is 4.90 Å². The van der Waals surface area contributed by atoms with Gasteiger partial charge in [0.25, 0.3) is 0 Å². The van der Waals surface area contributed by atoms with Crippen LogP contribution in [0.25, 0.3) is 0 Å². The molecule has 0 aliphatic carbocycles. The third-order valence-corrected chi connectivity index (χ3v) is 5.33. The van der Waals surface area contributed by atoms with Gasteiger partial charge in [-0.05, 0) is 30.4 Å². The Balaban J connectivity index is 1.74. The summed E-state index contributed by atoms with van der Waals surface area (Å²) >= 11 is 2.91. The fraction of sp³-hybridized carbons (Fsp3) is 0.385. The summed E-state index contributed by atoms with van der Waals surface area (Å²) in [7, 11) is 0. The number of aryl methyl sites for hydroxylation is 1. The number of rotatable bonds is 2. The van der Waals surface area contributed by atoms with Crippen molar-refractivity contribution in [1.82, 2.24) is 9.47 Å². The first kappa shape index (κ1) is 12.6. The average molecular weight is 294 g/mol. The molecule has 2 aromatic heterocycles. The zero-order valence-corrected chi connectivity index (χ0v) is 12.2. The molecule has 0 fully saturated rings. The highest BCUT2D eigenvalue weighted by Crippen LogP contribution is 2.24. The number of thiophene rings is 1. The van der Waals surface area contributed by atoms with E-state index in [2.05, 4.69) is 11.4 Å². The zero-order chi connectivity index (χ0) is 13.4. The second kappa shape index (κ2) is 4.94. The standard InChI is InChI=1S/C13H14N2O2S2/c1-9-8-19-13(17)15(9)7-12(16)14-4-2-11-10(6-14)3-5-18-11/h3,5,8H,2,4,6-7H2,1H3. The van der Waals surface area contributed by atoms with Crippen LogP contribution in [0.5, 0.6) is 0 Å². The van der Waals surface area contributed by atoms with Crippen molar-refractivity contribution in [2.75, 3.05) is 6.54 Å².